The van der Waals surface area contributed by atoms with Gasteiger partial charge in [0.05, 0.1) is 5.56 Å². The number of halogens is 3. The van der Waals surface area contributed by atoms with E-state index < -0.39 is 17.7 Å². The summed E-state index contributed by atoms with van der Waals surface area (Å²) in [5, 5.41) is 8.62. The van der Waals surface area contributed by atoms with Crippen molar-refractivity contribution >= 4 is 11.8 Å². The Balaban J connectivity index is 0.00000110. The van der Waals surface area contributed by atoms with Gasteiger partial charge in [-0.15, -0.1) is 11.8 Å². The maximum absolute atomic E-state index is 12.8. The largest absolute Gasteiger partial charge is 0.481 e. The second-order valence-corrected chi connectivity index (χ2v) is 7.95. The van der Waals surface area contributed by atoms with Crippen LogP contribution in [0.5, 0.6) is 0 Å². The molecule has 0 saturated heterocycles. The van der Waals surface area contributed by atoms with Gasteiger partial charge in [-0.3, -0.25) is 9.59 Å². The highest BCUT2D eigenvalue weighted by Crippen LogP contribution is 2.36. The minimum absolute atomic E-state index is 0.00951. The summed E-state index contributed by atoms with van der Waals surface area (Å²) in [5.41, 5.74) is 0.0389. The first kappa shape index (κ1) is 26.7. The Labute approximate surface area is 183 Å². The van der Waals surface area contributed by atoms with Crippen LogP contribution in [0.15, 0.2) is 24.3 Å². The maximum Gasteiger partial charge on any atom is 0.416 e. The van der Waals surface area contributed by atoms with Crippen LogP contribution in [0.2, 0.25) is 0 Å². The molecule has 1 N–H and O–H groups in total. The van der Waals surface area contributed by atoms with Gasteiger partial charge in [0.15, 0.2) is 0 Å². The Morgan fingerprint density at radius 1 is 1.10 bits per heavy atom. The second kappa shape index (κ2) is 13.9. The molecule has 0 bridgehead atoms. The summed E-state index contributed by atoms with van der Waals surface area (Å²) in [5.74, 6) is 5.10. The number of hydrogen-bond donors (Lipinski definition) is 1. The number of aliphatic carboxylic acids is 1. The minimum Gasteiger partial charge on any atom is -0.481 e. The van der Waals surface area contributed by atoms with Crippen molar-refractivity contribution in [2.24, 2.45) is 11.8 Å². The number of unbranched alkanes of at least 4 members (excludes halogenated alkanes) is 3. The first-order chi connectivity index (χ1) is 14.7. The summed E-state index contributed by atoms with van der Waals surface area (Å²) < 4.78 is 38.5. The van der Waals surface area contributed by atoms with Crippen LogP contribution in [0.1, 0.15) is 82.8 Å². The molecule has 0 amide bonds. The van der Waals surface area contributed by atoms with E-state index in [0.29, 0.717) is 24.8 Å². The molecule has 2 atom stereocenters. The average molecular weight is 439 g/mol. The molecule has 0 heterocycles. The number of aryl methyl sites for hydroxylation is 1. The fraction of sp³-hybridized carbons (Fsp3) is 0.600. The number of hydrogen-bond acceptors (Lipinski definition) is 2. The van der Waals surface area contributed by atoms with E-state index in [0.717, 1.165) is 44.6 Å². The number of ketones is 1. The lowest BCUT2D eigenvalue weighted by atomic mass is 9.86. The molecule has 1 aliphatic carbocycles. The van der Waals surface area contributed by atoms with Gasteiger partial charge in [-0.1, -0.05) is 37.5 Å². The molecule has 1 aliphatic rings. The van der Waals surface area contributed by atoms with Gasteiger partial charge in [0.1, 0.15) is 5.78 Å². The zero-order valence-electron chi connectivity index (χ0n) is 18.4. The molecule has 3 nitrogen and oxygen atoms in total. The van der Waals surface area contributed by atoms with Gasteiger partial charge >= 0.3 is 12.1 Å². The van der Waals surface area contributed by atoms with Gasteiger partial charge in [-0.05, 0) is 63.5 Å². The van der Waals surface area contributed by atoms with Crippen molar-refractivity contribution in [2.75, 3.05) is 0 Å². The third-order valence-corrected chi connectivity index (χ3v) is 5.71. The van der Waals surface area contributed by atoms with Crippen molar-refractivity contribution in [1.82, 2.24) is 0 Å². The average Bonchev–Trinajstić information content (AvgIpc) is 3.08. The molecule has 2 rings (SSSR count). The zero-order chi connectivity index (χ0) is 23.3. The Kier molecular flexibility index (Phi) is 12.0. The van der Waals surface area contributed by atoms with Gasteiger partial charge in [0, 0.05) is 18.8 Å². The second-order valence-electron chi connectivity index (χ2n) is 7.95. The van der Waals surface area contributed by atoms with E-state index in [-0.39, 0.29) is 24.0 Å². The van der Waals surface area contributed by atoms with E-state index in [4.69, 9.17) is 5.11 Å². The summed E-state index contributed by atoms with van der Waals surface area (Å²) in [6.45, 7) is 3.64. The molecule has 172 valence electrons. The van der Waals surface area contributed by atoms with E-state index in [1.165, 1.54) is 12.1 Å². The number of carbonyl (C=O) groups is 2. The molecule has 1 fully saturated rings. The summed E-state index contributed by atoms with van der Waals surface area (Å²) in [6, 6.07) is 5.43. The summed E-state index contributed by atoms with van der Waals surface area (Å²) in [7, 11) is 0. The highest BCUT2D eigenvalue weighted by Gasteiger charge is 2.34. The summed E-state index contributed by atoms with van der Waals surface area (Å²) >= 11 is 0. The minimum atomic E-state index is -4.33. The molecule has 0 aliphatic heterocycles. The Bertz CT molecular complexity index is 753. The molecule has 1 saturated carbocycles. The van der Waals surface area contributed by atoms with Gasteiger partial charge < -0.3 is 5.11 Å². The number of alkyl halides is 3. The topological polar surface area (TPSA) is 54.4 Å². The lowest BCUT2D eigenvalue weighted by molar-refractivity contribution is -0.138. The van der Waals surface area contributed by atoms with Crippen molar-refractivity contribution in [3.8, 4) is 11.8 Å². The monoisotopic (exact) mass is 438 g/mol. The van der Waals surface area contributed by atoms with Gasteiger partial charge in [-0.25, -0.2) is 0 Å². The van der Waals surface area contributed by atoms with Crippen LogP contribution < -0.4 is 0 Å². The van der Waals surface area contributed by atoms with Gasteiger partial charge in [0.2, 0.25) is 0 Å². The lowest BCUT2D eigenvalue weighted by Gasteiger charge is -2.18. The molecule has 0 aromatic heterocycles. The fourth-order valence-corrected chi connectivity index (χ4v) is 3.97. The van der Waals surface area contributed by atoms with E-state index >= 15 is 0 Å². The number of rotatable bonds is 10. The molecule has 0 spiro atoms. The third kappa shape index (κ3) is 10.5. The van der Waals surface area contributed by atoms with Crippen LogP contribution in [-0.4, -0.2) is 16.9 Å². The van der Waals surface area contributed by atoms with E-state index in [1.54, 1.807) is 6.07 Å². The number of Topliss-reactive ketones (excluding diaryl/α,β-unsaturated/α-hetero) is 1. The number of carboxylic acids is 1. The van der Waals surface area contributed by atoms with Crippen LogP contribution in [0.4, 0.5) is 13.2 Å². The molecule has 6 heteroatoms. The molecule has 1 unspecified atom stereocenters. The molecular weight excluding hydrogens is 405 g/mol. The van der Waals surface area contributed by atoms with Crippen LogP contribution >= 0.6 is 0 Å². The van der Waals surface area contributed by atoms with Crippen molar-refractivity contribution in [3.05, 3.63) is 35.4 Å². The Morgan fingerprint density at radius 3 is 2.39 bits per heavy atom. The zero-order valence-corrected chi connectivity index (χ0v) is 18.4. The van der Waals surface area contributed by atoms with Crippen molar-refractivity contribution in [2.45, 2.75) is 84.2 Å². The Morgan fingerprint density at radius 2 is 1.77 bits per heavy atom. The number of carboxylic acid groups (broad SMARTS) is 1. The fourth-order valence-electron chi connectivity index (χ4n) is 3.97. The third-order valence-electron chi connectivity index (χ3n) is 5.71. The predicted octanol–water partition coefficient (Wildman–Crippen LogP) is 6.69. The SMILES string of the molecule is CC#CC.O=C(O)CCCCCCC1C(=O)CC[C@@H]1CCc1cccc(C(F)(F)F)c1. The molecule has 31 heavy (non-hydrogen) atoms. The smallest absolute Gasteiger partial charge is 0.416 e. The quantitative estimate of drug-likeness (QED) is 0.327. The highest BCUT2D eigenvalue weighted by molar-refractivity contribution is 5.83. The molecule has 0 radical (unpaired) electrons. The van der Waals surface area contributed by atoms with Gasteiger partial charge in [0.25, 0.3) is 0 Å². The molecule has 1 aromatic rings. The van der Waals surface area contributed by atoms with Crippen molar-refractivity contribution < 1.29 is 27.9 Å². The first-order valence-electron chi connectivity index (χ1n) is 10.9. The lowest BCUT2D eigenvalue weighted by Crippen LogP contribution is -2.15. The van der Waals surface area contributed by atoms with Gasteiger partial charge in [-0.2, -0.15) is 13.2 Å². The van der Waals surface area contributed by atoms with E-state index in [2.05, 4.69) is 11.8 Å². The number of carbonyl (C=O) groups excluding carboxylic acids is 1. The standard InChI is InChI=1S/C21H27F3O3.C4H6/c22-21(23,24)17-7-5-6-15(14-17)10-11-16-12-13-19(25)18(16)8-3-1-2-4-9-20(26)27;1-3-4-2/h5-7,14,16,18H,1-4,8-13H2,(H,26,27);1-2H3/t16-,18?;/m0./s1. The summed E-state index contributed by atoms with van der Waals surface area (Å²) in [6.07, 6.45) is 2.65. The molecular formula is C25H33F3O3. The van der Waals surface area contributed by atoms with Crippen LogP contribution in [-0.2, 0) is 22.2 Å². The maximum atomic E-state index is 12.8. The summed E-state index contributed by atoms with van der Waals surface area (Å²) in [4.78, 5) is 22.6. The molecule has 1 aromatic carbocycles. The van der Waals surface area contributed by atoms with Crippen LogP contribution in [0, 0.1) is 23.7 Å². The Hall–Kier alpha value is -2.29. The van der Waals surface area contributed by atoms with E-state index in [1.807, 2.05) is 13.8 Å². The normalized spacial score (nSPS) is 18.0. The highest BCUT2D eigenvalue weighted by atomic mass is 19.4. The first-order valence-corrected chi connectivity index (χ1v) is 10.9. The van der Waals surface area contributed by atoms with Crippen molar-refractivity contribution in [3.63, 3.8) is 0 Å². The van der Waals surface area contributed by atoms with Crippen molar-refractivity contribution in [1.29, 1.82) is 0 Å². The predicted molar refractivity (Wildman–Crippen MR) is 115 cm³/mol. The van der Waals surface area contributed by atoms with Crippen LogP contribution in [0.3, 0.4) is 0 Å². The van der Waals surface area contributed by atoms with Crippen LogP contribution in [0.25, 0.3) is 0 Å². The van der Waals surface area contributed by atoms with E-state index in [9.17, 15) is 22.8 Å². The number of benzene rings is 1.